The van der Waals surface area contributed by atoms with Crippen molar-refractivity contribution in [1.82, 2.24) is 5.16 Å². The summed E-state index contributed by atoms with van der Waals surface area (Å²) in [5.74, 6) is 1.14. The maximum Gasteiger partial charge on any atom is 0.222 e. The molecule has 1 aromatic heterocycles. The van der Waals surface area contributed by atoms with Crippen molar-refractivity contribution in [2.75, 3.05) is 12.8 Å². The van der Waals surface area contributed by atoms with Gasteiger partial charge in [0.25, 0.3) is 0 Å². The van der Waals surface area contributed by atoms with Crippen LogP contribution in [0.5, 0.6) is 5.75 Å². The van der Waals surface area contributed by atoms with E-state index in [1.165, 1.54) is 0 Å². The van der Waals surface area contributed by atoms with Crippen molar-refractivity contribution >= 4 is 5.88 Å². The molecule has 78 valence electrons. The number of nitrogen functional groups attached to an aromatic ring is 1. The predicted molar refractivity (Wildman–Crippen MR) is 57.6 cm³/mol. The molecule has 15 heavy (non-hydrogen) atoms. The largest absolute Gasteiger partial charge is 0.496 e. The van der Waals surface area contributed by atoms with Gasteiger partial charge >= 0.3 is 0 Å². The van der Waals surface area contributed by atoms with Crippen LogP contribution >= 0.6 is 0 Å². The van der Waals surface area contributed by atoms with Gasteiger partial charge in [0.15, 0.2) is 0 Å². The minimum atomic E-state index is 0.310. The minimum Gasteiger partial charge on any atom is -0.496 e. The number of benzene rings is 1. The molecule has 0 aliphatic rings. The van der Waals surface area contributed by atoms with Crippen molar-refractivity contribution in [1.29, 1.82) is 0 Å². The number of anilines is 1. The van der Waals surface area contributed by atoms with Crippen LogP contribution in [0.4, 0.5) is 5.88 Å². The van der Waals surface area contributed by atoms with E-state index in [1.54, 1.807) is 13.2 Å². The van der Waals surface area contributed by atoms with E-state index in [9.17, 15) is 0 Å². The third-order valence-corrected chi connectivity index (χ3v) is 2.23. The van der Waals surface area contributed by atoms with Gasteiger partial charge < -0.3 is 15.0 Å². The molecule has 0 amide bonds. The maximum atomic E-state index is 5.46. The van der Waals surface area contributed by atoms with Crippen LogP contribution in [0, 0.1) is 6.92 Å². The molecule has 0 fully saturated rings. The van der Waals surface area contributed by atoms with Crippen LogP contribution in [-0.4, -0.2) is 12.3 Å². The quantitative estimate of drug-likeness (QED) is 0.814. The number of hydrogen-bond donors (Lipinski definition) is 1. The Morgan fingerprint density at radius 1 is 1.33 bits per heavy atom. The Bertz CT molecular complexity index is 477. The molecule has 1 heterocycles. The molecule has 0 spiro atoms. The van der Waals surface area contributed by atoms with Crippen molar-refractivity contribution in [2.24, 2.45) is 0 Å². The molecule has 4 heteroatoms. The second-order valence-electron chi connectivity index (χ2n) is 3.30. The van der Waals surface area contributed by atoms with Crippen LogP contribution in [0.15, 0.2) is 28.8 Å². The van der Waals surface area contributed by atoms with E-state index in [0.717, 1.165) is 16.9 Å². The summed E-state index contributed by atoms with van der Waals surface area (Å²) < 4.78 is 10.0. The van der Waals surface area contributed by atoms with Gasteiger partial charge in [-0.1, -0.05) is 17.3 Å². The number of ether oxygens (including phenoxy) is 1. The molecule has 0 bridgehead atoms. The van der Waals surface area contributed by atoms with Gasteiger partial charge in [-0.2, -0.15) is 0 Å². The first-order chi connectivity index (χ1) is 7.20. The standard InChI is InChI=1S/C11H12N2O2/c1-7-3-4-8(5-10(7)14-2)9-6-11(12)15-13-9/h3-6H,12H2,1-2H3. The van der Waals surface area contributed by atoms with E-state index >= 15 is 0 Å². The lowest BCUT2D eigenvalue weighted by atomic mass is 10.1. The molecule has 0 aliphatic carbocycles. The Kier molecular flexibility index (Phi) is 2.33. The number of aryl methyl sites for hydroxylation is 1. The van der Waals surface area contributed by atoms with Gasteiger partial charge in [-0.3, -0.25) is 0 Å². The highest BCUT2D eigenvalue weighted by molar-refractivity contribution is 5.63. The molecular weight excluding hydrogens is 192 g/mol. The first-order valence-electron chi connectivity index (χ1n) is 4.58. The van der Waals surface area contributed by atoms with E-state index in [1.807, 2.05) is 25.1 Å². The topological polar surface area (TPSA) is 61.3 Å². The fourth-order valence-corrected chi connectivity index (χ4v) is 1.40. The summed E-state index contributed by atoms with van der Waals surface area (Å²) in [4.78, 5) is 0. The first kappa shape index (κ1) is 9.58. The minimum absolute atomic E-state index is 0.310. The zero-order chi connectivity index (χ0) is 10.8. The third-order valence-electron chi connectivity index (χ3n) is 2.23. The normalized spacial score (nSPS) is 10.3. The van der Waals surface area contributed by atoms with Crippen LogP contribution in [0.2, 0.25) is 0 Å². The smallest absolute Gasteiger partial charge is 0.222 e. The third kappa shape index (κ3) is 1.79. The predicted octanol–water partition coefficient (Wildman–Crippen LogP) is 2.24. The molecule has 0 aliphatic heterocycles. The van der Waals surface area contributed by atoms with E-state index in [2.05, 4.69) is 5.16 Å². The molecule has 0 radical (unpaired) electrons. The van der Waals surface area contributed by atoms with Crippen molar-refractivity contribution in [3.05, 3.63) is 29.8 Å². The highest BCUT2D eigenvalue weighted by atomic mass is 16.5. The van der Waals surface area contributed by atoms with Crippen molar-refractivity contribution in [2.45, 2.75) is 6.92 Å². The lowest BCUT2D eigenvalue weighted by Crippen LogP contribution is -1.87. The van der Waals surface area contributed by atoms with Gasteiger partial charge in [-0.15, -0.1) is 0 Å². The molecule has 1 aromatic carbocycles. The molecule has 0 saturated heterocycles. The van der Waals surface area contributed by atoms with Crippen LogP contribution in [-0.2, 0) is 0 Å². The van der Waals surface area contributed by atoms with Gasteiger partial charge in [0.1, 0.15) is 11.4 Å². The van der Waals surface area contributed by atoms with Crippen molar-refractivity contribution in [3.8, 4) is 17.0 Å². The number of methoxy groups -OCH3 is 1. The second kappa shape index (κ2) is 3.65. The molecule has 0 saturated carbocycles. The Balaban J connectivity index is 2.45. The van der Waals surface area contributed by atoms with Crippen LogP contribution in [0.25, 0.3) is 11.3 Å². The van der Waals surface area contributed by atoms with Gasteiger partial charge in [0.05, 0.1) is 7.11 Å². The summed E-state index contributed by atoms with van der Waals surface area (Å²) in [6.07, 6.45) is 0. The average molecular weight is 204 g/mol. The van der Waals surface area contributed by atoms with E-state index in [4.69, 9.17) is 15.0 Å². The summed E-state index contributed by atoms with van der Waals surface area (Å²) >= 11 is 0. The SMILES string of the molecule is COc1cc(-c2cc(N)on2)ccc1C. The average Bonchev–Trinajstić information content (AvgIpc) is 2.66. The second-order valence-corrected chi connectivity index (χ2v) is 3.30. The summed E-state index contributed by atoms with van der Waals surface area (Å²) in [5.41, 5.74) is 8.18. The first-order valence-corrected chi connectivity index (χ1v) is 4.58. The number of hydrogen-bond acceptors (Lipinski definition) is 4. The van der Waals surface area contributed by atoms with Crippen LogP contribution in [0.1, 0.15) is 5.56 Å². The fraction of sp³-hybridized carbons (Fsp3) is 0.182. The highest BCUT2D eigenvalue weighted by Crippen LogP contribution is 2.26. The zero-order valence-corrected chi connectivity index (χ0v) is 8.65. The van der Waals surface area contributed by atoms with Crippen LogP contribution in [0.3, 0.4) is 0 Å². The Hall–Kier alpha value is -1.97. The summed E-state index contributed by atoms with van der Waals surface area (Å²) in [5, 5.41) is 3.84. The number of nitrogens with zero attached hydrogens (tertiary/aromatic N) is 1. The lowest BCUT2D eigenvalue weighted by molar-refractivity contribution is 0.411. The number of nitrogens with two attached hydrogens (primary N) is 1. The molecule has 4 nitrogen and oxygen atoms in total. The molecule has 0 atom stereocenters. The number of aromatic nitrogens is 1. The summed E-state index contributed by atoms with van der Waals surface area (Å²) in [6.45, 7) is 1.99. The number of rotatable bonds is 2. The Morgan fingerprint density at radius 3 is 2.73 bits per heavy atom. The summed E-state index contributed by atoms with van der Waals surface area (Å²) in [7, 11) is 1.64. The van der Waals surface area contributed by atoms with Gasteiger partial charge in [-0.05, 0) is 18.6 Å². The Labute approximate surface area is 87.6 Å². The van der Waals surface area contributed by atoms with E-state index in [-0.39, 0.29) is 0 Å². The molecule has 0 unspecified atom stereocenters. The van der Waals surface area contributed by atoms with Gasteiger partial charge in [0.2, 0.25) is 5.88 Å². The van der Waals surface area contributed by atoms with Crippen LogP contribution < -0.4 is 10.5 Å². The lowest BCUT2D eigenvalue weighted by Gasteiger charge is -2.05. The van der Waals surface area contributed by atoms with E-state index < -0.39 is 0 Å². The molecule has 2 rings (SSSR count). The van der Waals surface area contributed by atoms with Crippen molar-refractivity contribution in [3.63, 3.8) is 0 Å². The van der Waals surface area contributed by atoms with E-state index in [0.29, 0.717) is 11.6 Å². The molecular formula is C11H12N2O2. The monoisotopic (exact) mass is 204 g/mol. The van der Waals surface area contributed by atoms with Gasteiger partial charge in [-0.25, -0.2) is 0 Å². The highest BCUT2D eigenvalue weighted by Gasteiger charge is 2.06. The van der Waals surface area contributed by atoms with Crippen molar-refractivity contribution < 1.29 is 9.26 Å². The van der Waals surface area contributed by atoms with Gasteiger partial charge in [0, 0.05) is 11.6 Å². The fourth-order valence-electron chi connectivity index (χ4n) is 1.40. The summed E-state index contributed by atoms with van der Waals surface area (Å²) in [6, 6.07) is 7.52. The zero-order valence-electron chi connectivity index (χ0n) is 8.65. The maximum absolute atomic E-state index is 5.46. The molecule has 2 N–H and O–H groups in total. The molecule has 2 aromatic rings. The Morgan fingerprint density at radius 2 is 2.13 bits per heavy atom.